The van der Waals surface area contributed by atoms with Crippen molar-refractivity contribution in [2.45, 2.75) is 33.1 Å². The minimum atomic E-state index is -0.967. The first kappa shape index (κ1) is 15.9. The van der Waals surface area contributed by atoms with Gasteiger partial charge in [0.1, 0.15) is 0 Å². The van der Waals surface area contributed by atoms with Crippen LogP contribution in [-0.4, -0.2) is 24.2 Å². The number of carboxylic acid groups (broad SMARTS) is 1. The van der Waals surface area contributed by atoms with E-state index in [1.165, 1.54) is 25.3 Å². The van der Waals surface area contributed by atoms with Gasteiger partial charge in [-0.2, -0.15) is 0 Å². The molecular weight excluding hydrogens is 286 g/mol. The summed E-state index contributed by atoms with van der Waals surface area (Å²) in [6.07, 6.45) is 6.26. The molecule has 4 heteroatoms. The molecule has 1 aliphatic heterocycles. The van der Waals surface area contributed by atoms with Crippen LogP contribution in [0.25, 0.3) is 6.08 Å². The lowest BCUT2D eigenvalue weighted by Crippen LogP contribution is -2.26. The summed E-state index contributed by atoms with van der Waals surface area (Å²) in [4.78, 5) is 12.9. The molecule has 21 heavy (non-hydrogen) atoms. The fourth-order valence-electron chi connectivity index (χ4n) is 2.99. The maximum Gasteiger partial charge on any atom is 0.328 e. The van der Waals surface area contributed by atoms with E-state index in [0.717, 1.165) is 30.4 Å². The largest absolute Gasteiger partial charge is 0.478 e. The lowest BCUT2D eigenvalue weighted by Gasteiger charge is -2.27. The van der Waals surface area contributed by atoms with Crippen LogP contribution in [0.15, 0.2) is 24.3 Å². The first-order chi connectivity index (χ1) is 9.99. The van der Waals surface area contributed by atoms with Crippen LogP contribution in [-0.2, 0) is 4.79 Å². The molecule has 0 radical (unpaired) electrons. The van der Waals surface area contributed by atoms with Crippen molar-refractivity contribution < 1.29 is 9.90 Å². The number of rotatable bonds is 5. The summed E-state index contributed by atoms with van der Waals surface area (Å²) < 4.78 is 0. The number of nitrogens with zero attached hydrogens (tertiary/aromatic N) is 1. The average Bonchev–Trinajstić information content (AvgIpc) is 2.91. The molecule has 0 aromatic heterocycles. The first-order valence-corrected chi connectivity index (χ1v) is 7.83. The Morgan fingerprint density at radius 3 is 2.67 bits per heavy atom. The van der Waals surface area contributed by atoms with Gasteiger partial charge in [-0.25, -0.2) is 4.79 Å². The average molecular weight is 308 g/mol. The summed E-state index contributed by atoms with van der Waals surface area (Å²) in [5.74, 6) is -0.967. The summed E-state index contributed by atoms with van der Waals surface area (Å²) in [6.45, 7) is 6.66. The SMILES string of the molecule is CCC1(CC)CCN(c2ccc(/C=C/C(=O)O)c(Cl)c2)C1. The maximum absolute atomic E-state index is 10.6. The van der Waals surface area contributed by atoms with Gasteiger partial charge in [-0.3, -0.25) is 0 Å². The van der Waals surface area contributed by atoms with E-state index in [9.17, 15) is 4.79 Å². The number of carbonyl (C=O) groups is 1. The van der Waals surface area contributed by atoms with Crippen LogP contribution in [0.1, 0.15) is 38.7 Å². The maximum atomic E-state index is 10.6. The third-order valence-corrected chi connectivity index (χ3v) is 5.02. The minimum absolute atomic E-state index is 0.425. The molecule has 1 heterocycles. The summed E-state index contributed by atoms with van der Waals surface area (Å²) in [7, 11) is 0. The Balaban J connectivity index is 2.16. The highest BCUT2D eigenvalue weighted by Crippen LogP contribution is 2.39. The Morgan fingerprint density at radius 1 is 1.43 bits per heavy atom. The molecule has 1 aromatic rings. The number of halogens is 1. The molecule has 3 nitrogen and oxygen atoms in total. The minimum Gasteiger partial charge on any atom is -0.478 e. The summed E-state index contributed by atoms with van der Waals surface area (Å²) in [5.41, 5.74) is 2.28. The highest BCUT2D eigenvalue weighted by Gasteiger charge is 2.34. The first-order valence-electron chi connectivity index (χ1n) is 7.45. The second-order valence-corrected chi connectivity index (χ2v) is 6.16. The Hall–Kier alpha value is -1.48. The molecule has 0 atom stereocenters. The smallest absolute Gasteiger partial charge is 0.328 e. The number of aliphatic carboxylic acids is 1. The fourth-order valence-corrected chi connectivity index (χ4v) is 3.23. The molecule has 0 aliphatic carbocycles. The molecule has 1 fully saturated rings. The van der Waals surface area contributed by atoms with Crippen molar-refractivity contribution in [3.8, 4) is 0 Å². The van der Waals surface area contributed by atoms with Crippen LogP contribution in [0.2, 0.25) is 5.02 Å². The summed E-state index contributed by atoms with van der Waals surface area (Å²) in [6, 6.07) is 5.84. The lowest BCUT2D eigenvalue weighted by molar-refractivity contribution is -0.131. The van der Waals surface area contributed by atoms with Gasteiger partial charge < -0.3 is 10.0 Å². The molecule has 1 saturated heterocycles. The summed E-state index contributed by atoms with van der Waals surface area (Å²) >= 11 is 6.26. The number of benzene rings is 1. The van der Waals surface area contributed by atoms with Gasteiger partial charge >= 0.3 is 5.97 Å². The number of anilines is 1. The third kappa shape index (κ3) is 3.59. The predicted molar refractivity (Wildman–Crippen MR) is 88.0 cm³/mol. The van der Waals surface area contributed by atoms with Crippen LogP contribution in [0.4, 0.5) is 5.69 Å². The van der Waals surface area contributed by atoms with E-state index >= 15 is 0 Å². The molecule has 1 aliphatic rings. The van der Waals surface area contributed by atoms with Crippen LogP contribution in [0.5, 0.6) is 0 Å². The third-order valence-electron chi connectivity index (χ3n) is 4.69. The molecule has 2 rings (SSSR count). The number of hydrogen-bond donors (Lipinski definition) is 1. The van der Waals surface area contributed by atoms with Gasteiger partial charge in [-0.1, -0.05) is 31.5 Å². The normalized spacial score (nSPS) is 17.6. The predicted octanol–water partition coefficient (Wildman–Crippen LogP) is 4.45. The molecule has 1 aromatic carbocycles. The van der Waals surface area contributed by atoms with Crippen LogP contribution in [0, 0.1) is 5.41 Å². The van der Waals surface area contributed by atoms with Gasteiger partial charge in [0.25, 0.3) is 0 Å². The molecule has 0 spiro atoms. The van der Waals surface area contributed by atoms with Crippen LogP contribution < -0.4 is 4.90 Å². The Morgan fingerprint density at radius 2 is 2.14 bits per heavy atom. The standard InChI is InChI=1S/C17H22ClNO2/c1-3-17(4-2)9-10-19(12-17)14-7-5-13(15(18)11-14)6-8-16(20)21/h5-8,11H,3-4,9-10,12H2,1-2H3,(H,20,21)/b8-6+. The Labute approximate surface area is 131 Å². The van der Waals surface area contributed by atoms with Crippen molar-refractivity contribution in [1.82, 2.24) is 0 Å². The zero-order valence-corrected chi connectivity index (χ0v) is 13.4. The van der Waals surface area contributed by atoms with Crippen molar-refractivity contribution in [2.75, 3.05) is 18.0 Å². The molecule has 1 N–H and O–H groups in total. The van der Waals surface area contributed by atoms with Gasteiger partial charge in [0, 0.05) is 29.9 Å². The molecule has 0 saturated carbocycles. The monoisotopic (exact) mass is 307 g/mol. The van der Waals surface area contributed by atoms with E-state index < -0.39 is 5.97 Å². The molecule has 0 unspecified atom stereocenters. The Kier molecular flexibility index (Phi) is 4.94. The second kappa shape index (κ2) is 6.52. The topological polar surface area (TPSA) is 40.5 Å². The van der Waals surface area contributed by atoms with E-state index in [2.05, 4.69) is 18.7 Å². The van der Waals surface area contributed by atoms with Gasteiger partial charge in [0.05, 0.1) is 0 Å². The van der Waals surface area contributed by atoms with Gasteiger partial charge in [0.15, 0.2) is 0 Å². The fraction of sp³-hybridized carbons (Fsp3) is 0.471. The van der Waals surface area contributed by atoms with Crippen molar-refractivity contribution in [3.63, 3.8) is 0 Å². The van der Waals surface area contributed by atoms with Crippen molar-refractivity contribution in [2.24, 2.45) is 5.41 Å². The van der Waals surface area contributed by atoms with Gasteiger partial charge in [0.2, 0.25) is 0 Å². The van der Waals surface area contributed by atoms with Gasteiger partial charge in [-0.15, -0.1) is 0 Å². The van der Waals surface area contributed by atoms with Crippen LogP contribution in [0.3, 0.4) is 0 Å². The zero-order chi connectivity index (χ0) is 15.5. The zero-order valence-electron chi connectivity index (χ0n) is 12.6. The van der Waals surface area contributed by atoms with Gasteiger partial charge in [-0.05, 0) is 48.4 Å². The van der Waals surface area contributed by atoms with E-state index in [1.807, 2.05) is 18.2 Å². The lowest BCUT2D eigenvalue weighted by atomic mass is 9.82. The number of hydrogen-bond acceptors (Lipinski definition) is 2. The van der Waals surface area contributed by atoms with E-state index in [4.69, 9.17) is 16.7 Å². The summed E-state index contributed by atoms with van der Waals surface area (Å²) in [5, 5.41) is 9.26. The highest BCUT2D eigenvalue weighted by molar-refractivity contribution is 6.32. The molecule has 114 valence electrons. The van der Waals surface area contributed by atoms with Crippen molar-refractivity contribution in [3.05, 3.63) is 34.9 Å². The quantitative estimate of drug-likeness (QED) is 0.817. The molecular formula is C17H22ClNO2. The highest BCUT2D eigenvalue weighted by atomic mass is 35.5. The molecule has 0 bridgehead atoms. The molecule has 0 amide bonds. The Bertz CT molecular complexity index is 550. The van der Waals surface area contributed by atoms with E-state index in [0.29, 0.717) is 10.4 Å². The van der Waals surface area contributed by atoms with E-state index in [1.54, 1.807) is 0 Å². The van der Waals surface area contributed by atoms with Crippen molar-refractivity contribution in [1.29, 1.82) is 0 Å². The van der Waals surface area contributed by atoms with Crippen molar-refractivity contribution >= 4 is 29.3 Å². The number of carboxylic acids is 1. The van der Waals surface area contributed by atoms with E-state index in [-0.39, 0.29) is 0 Å². The second-order valence-electron chi connectivity index (χ2n) is 5.76. The van der Waals surface area contributed by atoms with Crippen LogP contribution >= 0.6 is 11.6 Å².